The van der Waals surface area contributed by atoms with Crippen LogP contribution >= 0.6 is 11.3 Å². The molecule has 0 saturated carbocycles. The second-order valence-electron chi connectivity index (χ2n) is 10.2. The van der Waals surface area contributed by atoms with Gasteiger partial charge in [-0.1, -0.05) is 41.2 Å². The van der Waals surface area contributed by atoms with Gasteiger partial charge in [-0.25, -0.2) is 9.78 Å². The Morgan fingerprint density at radius 3 is 2.93 bits per heavy atom. The third-order valence-corrected chi connectivity index (χ3v) is 8.29. The Hall–Kier alpha value is -4.71. The summed E-state index contributed by atoms with van der Waals surface area (Å²) < 4.78 is 16.5. The molecule has 0 radical (unpaired) electrons. The molecule has 2 aliphatic heterocycles. The number of anilines is 4. The fraction of sp³-hybridized carbons (Fsp3) is 0.323. The van der Waals surface area contributed by atoms with Crippen molar-refractivity contribution in [3.63, 3.8) is 0 Å². The maximum Gasteiger partial charge on any atom is 0.350 e. The number of fused-ring (bicyclic) bond motifs is 1. The Balaban J connectivity index is 1.34. The van der Waals surface area contributed by atoms with Gasteiger partial charge in [0.05, 0.1) is 18.3 Å². The molecule has 0 fully saturated rings. The summed E-state index contributed by atoms with van der Waals surface area (Å²) in [6.07, 6.45) is 18.2. The van der Waals surface area contributed by atoms with Crippen LogP contribution in [0.4, 0.5) is 22.7 Å². The van der Waals surface area contributed by atoms with E-state index >= 15 is 0 Å². The van der Waals surface area contributed by atoms with E-state index in [-0.39, 0.29) is 6.04 Å². The molecule has 43 heavy (non-hydrogen) atoms. The number of nitrogens with one attached hydrogen (secondary N) is 2. The number of allylic oxidation sites excluding steroid dienone is 3. The zero-order valence-corrected chi connectivity index (χ0v) is 24.9. The molecule has 0 aromatic carbocycles. The predicted octanol–water partition coefficient (Wildman–Crippen LogP) is 5.93. The number of pyridine rings is 1. The topological polar surface area (TPSA) is 124 Å². The van der Waals surface area contributed by atoms with E-state index in [4.69, 9.17) is 24.2 Å². The lowest BCUT2D eigenvalue weighted by atomic mass is 9.97. The zero-order valence-electron chi connectivity index (χ0n) is 24.1. The third kappa shape index (κ3) is 6.69. The van der Waals surface area contributed by atoms with Crippen LogP contribution in [-0.2, 0) is 27.2 Å². The van der Waals surface area contributed by atoms with E-state index in [2.05, 4.69) is 49.8 Å². The van der Waals surface area contributed by atoms with Crippen molar-refractivity contribution in [3.8, 4) is 0 Å². The van der Waals surface area contributed by atoms with Gasteiger partial charge in [-0.05, 0) is 51.2 Å². The molecule has 3 aliphatic rings. The van der Waals surface area contributed by atoms with E-state index in [1.165, 1.54) is 29.4 Å². The molecule has 0 saturated heterocycles. The first-order valence-electron chi connectivity index (χ1n) is 14.3. The Morgan fingerprint density at radius 1 is 1.23 bits per heavy atom. The second kappa shape index (κ2) is 13.1. The maximum absolute atomic E-state index is 12.4. The van der Waals surface area contributed by atoms with Crippen LogP contribution < -0.4 is 15.5 Å². The van der Waals surface area contributed by atoms with Crippen molar-refractivity contribution in [2.45, 2.75) is 52.1 Å². The number of nitrogens with zero attached hydrogens (tertiary/aromatic N) is 5. The first-order chi connectivity index (χ1) is 21.1. The number of aromatic nitrogens is 4. The van der Waals surface area contributed by atoms with Gasteiger partial charge in [-0.3, -0.25) is 10.3 Å². The minimum atomic E-state index is -0.392. The van der Waals surface area contributed by atoms with Gasteiger partial charge >= 0.3 is 5.97 Å². The van der Waals surface area contributed by atoms with Gasteiger partial charge in [-0.15, -0.1) is 0 Å². The second-order valence-corrected chi connectivity index (χ2v) is 11.2. The number of ether oxygens (including phenoxy) is 3. The van der Waals surface area contributed by atoms with Crippen molar-refractivity contribution in [3.05, 3.63) is 94.6 Å². The van der Waals surface area contributed by atoms with E-state index in [1.54, 1.807) is 26.3 Å². The molecule has 1 unspecified atom stereocenters. The third-order valence-electron chi connectivity index (χ3n) is 7.23. The van der Waals surface area contributed by atoms with Crippen molar-refractivity contribution >= 4 is 40.0 Å². The number of carbonyl (C=O) groups excluding carboxylic acids is 1. The average molecular weight is 600 g/mol. The molecule has 0 spiro atoms. The van der Waals surface area contributed by atoms with Crippen LogP contribution in [0.15, 0.2) is 72.9 Å². The number of hydrogen-bond acceptors (Lipinski definition) is 12. The fourth-order valence-electron chi connectivity index (χ4n) is 5.20. The molecule has 12 heteroatoms. The summed E-state index contributed by atoms with van der Waals surface area (Å²) in [4.78, 5) is 33.8. The molecular weight excluding hydrogens is 566 g/mol. The van der Waals surface area contributed by atoms with Crippen LogP contribution in [0, 0.1) is 6.92 Å². The lowest BCUT2D eigenvalue weighted by Gasteiger charge is -2.25. The Labute approximate surface area is 254 Å². The summed E-state index contributed by atoms with van der Waals surface area (Å²) in [5.41, 5.74) is 4.01. The number of hydrogen-bond donors (Lipinski definition) is 2. The van der Waals surface area contributed by atoms with Crippen molar-refractivity contribution in [1.82, 2.24) is 19.9 Å². The highest BCUT2D eigenvalue weighted by atomic mass is 32.1. The van der Waals surface area contributed by atoms with Gasteiger partial charge in [-0.2, -0.15) is 9.97 Å². The van der Waals surface area contributed by atoms with Crippen LogP contribution in [-0.4, -0.2) is 45.1 Å². The SMILES string of the molecule is CCOC(=O)c1sc(Nc2nc(NC(CC3=CC=CCC3)C3=COC=CO3)c3c(n2)N(Cc2cccnc2)CC3)nc1C. The van der Waals surface area contributed by atoms with Crippen molar-refractivity contribution < 1.29 is 19.0 Å². The predicted molar refractivity (Wildman–Crippen MR) is 165 cm³/mol. The minimum Gasteiger partial charge on any atom is -0.466 e. The van der Waals surface area contributed by atoms with Crippen LogP contribution in [0.5, 0.6) is 0 Å². The summed E-state index contributed by atoms with van der Waals surface area (Å²) in [6.45, 7) is 5.31. The maximum atomic E-state index is 12.4. The molecule has 222 valence electrons. The Kier molecular flexibility index (Phi) is 8.64. The smallest absolute Gasteiger partial charge is 0.350 e. The molecule has 1 aliphatic carbocycles. The lowest BCUT2D eigenvalue weighted by Crippen LogP contribution is -2.26. The molecule has 3 aromatic heterocycles. The van der Waals surface area contributed by atoms with Gasteiger partial charge in [0, 0.05) is 31.0 Å². The van der Waals surface area contributed by atoms with E-state index in [0.29, 0.717) is 46.4 Å². The van der Waals surface area contributed by atoms with Gasteiger partial charge in [0.2, 0.25) is 5.95 Å². The Morgan fingerprint density at radius 2 is 2.16 bits per heavy atom. The molecule has 3 aromatic rings. The van der Waals surface area contributed by atoms with E-state index < -0.39 is 5.97 Å². The summed E-state index contributed by atoms with van der Waals surface area (Å²) in [6, 6.07) is 3.77. The monoisotopic (exact) mass is 599 g/mol. The van der Waals surface area contributed by atoms with E-state index in [9.17, 15) is 4.79 Å². The lowest BCUT2D eigenvalue weighted by molar-refractivity contribution is 0.0531. The van der Waals surface area contributed by atoms with Gasteiger partial charge in [0.25, 0.3) is 0 Å². The molecule has 2 N–H and O–H groups in total. The van der Waals surface area contributed by atoms with Crippen molar-refractivity contribution in [2.75, 3.05) is 28.7 Å². The molecule has 6 rings (SSSR count). The quantitative estimate of drug-likeness (QED) is 0.255. The van der Waals surface area contributed by atoms with Gasteiger partial charge in [0.1, 0.15) is 35.3 Å². The molecule has 11 nitrogen and oxygen atoms in total. The molecule has 0 amide bonds. The van der Waals surface area contributed by atoms with E-state index in [1.807, 2.05) is 12.3 Å². The summed E-state index contributed by atoms with van der Waals surface area (Å²) in [5, 5.41) is 7.42. The number of aryl methyl sites for hydroxylation is 1. The van der Waals surface area contributed by atoms with Crippen LogP contribution in [0.25, 0.3) is 0 Å². The average Bonchev–Trinajstić information content (AvgIpc) is 3.61. The first kappa shape index (κ1) is 28.4. The number of esters is 1. The zero-order chi connectivity index (χ0) is 29.6. The van der Waals surface area contributed by atoms with E-state index in [0.717, 1.165) is 49.2 Å². The molecule has 0 bridgehead atoms. The first-order valence-corrected chi connectivity index (χ1v) is 15.1. The minimum absolute atomic E-state index is 0.223. The standard InChI is InChI=1S/C31H33N7O4S/c1-3-41-29(39)26-20(2)33-31(43-26)37-30-35-27(23-11-13-38(28(23)36-30)18-22-10-7-12-32-17-22)34-24(25-19-40-14-15-42-25)16-21-8-5-4-6-9-21/h4-5,7-8,10,12,14-15,17,19,24H,3,6,9,11,13,16,18H2,1-2H3,(H2,33,34,35,36,37). The number of thiazole rings is 1. The van der Waals surface area contributed by atoms with Crippen molar-refractivity contribution in [2.24, 2.45) is 0 Å². The molecule has 1 atom stereocenters. The largest absolute Gasteiger partial charge is 0.466 e. The highest BCUT2D eigenvalue weighted by Gasteiger charge is 2.29. The van der Waals surface area contributed by atoms with Gasteiger partial charge < -0.3 is 24.4 Å². The molecular formula is C31H33N7O4S. The summed E-state index contributed by atoms with van der Waals surface area (Å²) in [5.74, 6) is 2.18. The summed E-state index contributed by atoms with van der Waals surface area (Å²) in [7, 11) is 0. The van der Waals surface area contributed by atoms with Crippen molar-refractivity contribution in [1.29, 1.82) is 0 Å². The van der Waals surface area contributed by atoms with Crippen LogP contribution in [0.1, 0.15) is 52.7 Å². The normalized spacial score (nSPS) is 16.0. The van der Waals surface area contributed by atoms with Crippen LogP contribution in [0.3, 0.4) is 0 Å². The highest BCUT2D eigenvalue weighted by molar-refractivity contribution is 7.17. The highest BCUT2D eigenvalue weighted by Crippen LogP contribution is 2.36. The molecule has 5 heterocycles. The van der Waals surface area contributed by atoms with Gasteiger partial charge in [0.15, 0.2) is 10.9 Å². The van der Waals surface area contributed by atoms with Crippen LogP contribution in [0.2, 0.25) is 0 Å². The fourth-order valence-corrected chi connectivity index (χ4v) is 6.05. The number of rotatable bonds is 11. The Bertz CT molecular complexity index is 1600. The summed E-state index contributed by atoms with van der Waals surface area (Å²) >= 11 is 1.22. The number of carbonyl (C=O) groups is 1.